The molecule has 1 aromatic rings. The number of alkyl halides is 3. The second-order valence-electron chi connectivity index (χ2n) is 5.28. The summed E-state index contributed by atoms with van der Waals surface area (Å²) in [4.78, 5) is 13.3. The van der Waals surface area contributed by atoms with E-state index in [0.29, 0.717) is 13.0 Å². The van der Waals surface area contributed by atoms with Crippen LogP contribution < -0.4 is 5.32 Å². The molecule has 1 fully saturated rings. The predicted octanol–water partition coefficient (Wildman–Crippen LogP) is 2.22. The molecule has 1 aromatic carbocycles. The number of hydrogen-bond acceptors (Lipinski definition) is 2. The zero-order valence-electron chi connectivity index (χ0n) is 12.4. The van der Waals surface area contributed by atoms with Gasteiger partial charge in [-0.1, -0.05) is 17.9 Å². The van der Waals surface area contributed by atoms with Gasteiger partial charge in [-0.05, 0) is 31.0 Å². The highest BCUT2D eigenvalue weighted by molar-refractivity contribution is 5.74. The number of rotatable bonds is 1. The average molecular weight is 326 g/mol. The minimum absolute atomic E-state index is 0.0294. The number of carbonyl (C=O) groups excluding carboxylic acids is 1. The average Bonchev–Trinajstić information content (AvgIpc) is 2.51. The molecule has 1 aliphatic heterocycles. The van der Waals surface area contributed by atoms with Gasteiger partial charge < -0.3 is 15.3 Å². The highest BCUT2D eigenvalue weighted by Gasteiger charge is 2.30. The summed E-state index contributed by atoms with van der Waals surface area (Å²) in [7, 11) is 0. The molecule has 0 aliphatic carbocycles. The van der Waals surface area contributed by atoms with Crippen LogP contribution in [0.15, 0.2) is 24.3 Å². The van der Waals surface area contributed by atoms with Gasteiger partial charge in [0.05, 0.1) is 18.2 Å². The lowest BCUT2D eigenvalue weighted by Crippen LogP contribution is -2.47. The highest BCUT2D eigenvalue weighted by Crippen LogP contribution is 2.29. The van der Waals surface area contributed by atoms with Crippen molar-refractivity contribution >= 4 is 6.03 Å². The number of hydrogen-bond donors (Lipinski definition) is 2. The molecule has 124 valence electrons. The van der Waals surface area contributed by atoms with Gasteiger partial charge in [-0.15, -0.1) is 0 Å². The minimum Gasteiger partial charge on any atom is -0.391 e. The van der Waals surface area contributed by atoms with E-state index in [1.54, 1.807) is 0 Å². The molecule has 1 aliphatic rings. The molecule has 0 radical (unpaired) electrons. The molecule has 1 saturated heterocycles. The first kappa shape index (κ1) is 17.2. The molecule has 2 N–H and O–H groups in total. The normalized spacial score (nSPS) is 18.1. The molecule has 1 atom stereocenters. The van der Waals surface area contributed by atoms with Crippen molar-refractivity contribution in [2.24, 2.45) is 0 Å². The molecule has 7 heteroatoms. The SMILES string of the molecule is O=C(NCC#Cc1cccc(C(F)(F)F)c1)N1CCCC(O)C1. The van der Waals surface area contributed by atoms with Gasteiger partial charge in [-0.2, -0.15) is 13.2 Å². The minimum atomic E-state index is -4.40. The van der Waals surface area contributed by atoms with Crippen LogP contribution in [0.4, 0.5) is 18.0 Å². The smallest absolute Gasteiger partial charge is 0.391 e. The van der Waals surface area contributed by atoms with Crippen molar-refractivity contribution in [3.8, 4) is 11.8 Å². The Bertz CT molecular complexity index is 620. The largest absolute Gasteiger partial charge is 0.416 e. The number of amides is 2. The maximum atomic E-state index is 12.6. The van der Waals surface area contributed by atoms with Crippen LogP contribution in [0.25, 0.3) is 0 Å². The molecular formula is C16H17F3N2O2. The maximum absolute atomic E-state index is 12.6. The van der Waals surface area contributed by atoms with Crippen LogP contribution in [-0.2, 0) is 6.18 Å². The number of carbonyl (C=O) groups is 1. The Balaban J connectivity index is 1.87. The Labute approximate surface area is 132 Å². The second-order valence-corrected chi connectivity index (χ2v) is 5.28. The van der Waals surface area contributed by atoms with E-state index in [9.17, 15) is 23.1 Å². The van der Waals surface area contributed by atoms with E-state index in [4.69, 9.17) is 0 Å². The fourth-order valence-corrected chi connectivity index (χ4v) is 2.29. The quantitative estimate of drug-likeness (QED) is 0.778. The van der Waals surface area contributed by atoms with Gasteiger partial charge in [-0.25, -0.2) is 4.79 Å². The number of piperidine rings is 1. The first-order chi connectivity index (χ1) is 10.9. The van der Waals surface area contributed by atoms with Crippen LogP contribution >= 0.6 is 0 Å². The fourth-order valence-electron chi connectivity index (χ4n) is 2.29. The number of aliphatic hydroxyl groups is 1. The van der Waals surface area contributed by atoms with Crippen LogP contribution in [0.1, 0.15) is 24.0 Å². The molecule has 2 amide bonds. The number of aliphatic hydroxyl groups excluding tert-OH is 1. The maximum Gasteiger partial charge on any atom is 0.416 e. The van der Waals surface area contributed by atoms with Gasteiger partial charge in [0.15, 0.2) is 0 Å². The molecule has 4 nitrogen and oxygen atoms in total. The molecule has 0 bridgehead atoms. The van der Waals surface area contributed by atoms with E-state index in [0.717, 1.165) is 18.6 Å². The zero-order valence-corrected chi connectivity index (χ0v) is 12.4. The van der Waals surface area contributed by atoms with E-state index in [2.05, 4.69) is 17.2 Å². The van der Waals surface area contributed by atoms with Crippen molar-refractivity contribution in [3.05, 3.63) is 35.4 Å². The van der Waals surface area contributed by atoms with E-state index >= 15 is 0 Å². The van der Waals surface area contributed by atoms with Crippen LogP contribution in [0.5, 0.6) is 0 Å². The Morgan fingerprint density at radius 3 is 2.91 bits per heavy atom. The Morgan fingerprint density at radius 2 is 2.22 bits per heavy atom. The Morgan fingerprint density at radius 1 is 1.43 bits per heavy atom. The third-order valence-corrected chi connectivity index (χ3v) is 3.43. The van der Waals surface area contributed by atoms with Crippen molar-refractivity contribution in [2.45, 2.75) is 25.1 Å². The van der Waals surface area contributed by atoms with E-state index in [1.807, 2.05) is 0 Å². The summed E-state index contributed by atoms with van der Waals surface area (Å²) >= 11 is 0. The fraction of sp³-hybridized carbons (Fsp3) is 0.438. The molecule has 1 heterocycles. The van der Waals surface area contributed by atoms with Gasteiger partial charge in [0.1, 0.15) is 0 Å². The van der Waals surface area contributed by atoms with Crippen LogP contribution in [-0.4, -0.2) is 41.8 Å². The van der Waals surface area contributed by atoms with Gasteiger partial charge in [0.25, 0.3) is 0 Å². The number of nitrogens with zero attached hydrogens (tertiary/aromatic N) is 1. The number of nitrogens with one attached hydrogen (secondary N) is 1. The zero-order chi connectivity index (χ0) is 16.9. The summed E-state index contributed by atoms with van der Waals surface area (Å²) in [6.07, 6.45) is -3.49. The number of halogens is 3. The number of β-amino-alcohol motifs (C(OH)–C–C–N with tert-alkyl or cyclic N) is 1. The monoisotopic (exact) mass is 326 g/mol. The lowest BCUT2D eigenvalue weighted by atomic mass is 10.1. The lowest BCUT2D eigenvalue weighted by molar-refractivity contribution is -0.137. The van der Waals surface area contributed by atoms with Crippen LogP contribution in [0.2, 0.25) is 0 Å². The number of urea groups is 1. The Hall–Kier alpha value is -2.20. The van der Waals surface area contributed by atoms with Gasteiger partial charge in [0.2, 0.25) is 0 Å². The lowest BCUT2D eigenvalue weighted by Gasteiger charge is -2.29. The van der Waals surface area contributed by atoms with Gasteiger partial charge in [0, 0.05) is 18.7 Å². The van der Waals surface area contributed by atoms with Gasteiger partial charge >= 0.3 is 12.2 Å². The number of likely N-dealkylation sites (tertiary alicyclic amines) is 1. The van der Waals surface area contributed by atoms with Crippen LogP contribution in [0, 0.1) is 11.8 Å². The molecule has 2 rings (SSSR count). The van der Waals surface area contributed by atoms with E-state index in [-0.39, 0.29) is 24.7 Å². The molecular weight excluding hydrogens is 309 g/mol. The van der Waals surface area contributed by atoms with E-state index in [1.165, 1.54) is 17.0 Å². The third-order valence-electron chi connectivity index (χ3n) is 3.43. The first-order valence-corrected chi connectivity index (χ1v) is 7.23. The van der Waals surface area contributed by atoms with Crippen molar-refractivity contribution in [1.29, 1.82) is 0 Å². The number of benzene rings is 1. The topological polar surface area (TPSA) is 52.6 Å². The van der Waals surface area contributed by atoms with Crippen molar-refractivity contribution in [2.75, 3.05) is 19.6 Å². The molecule has 1 unspecified atom stereocenters. The summed E-state index contributed by atoms with van der Waals surface area (Å²) in [5, 5.41) is 12.1. The second kappa shape index (κ2) is 7.38. The predicted molar refractivity (Wildman–Crippen MR) is 78.5 cm³/mol. The first-order valence-electron chi connectivity index (χ1n) is 7.23. The van der Waals surface area contributed by atoms with Crippen molar-refractivity contribution < 1.29 is 23.1 Å². The van der Waals surface area contributed by atoms with Gasteiger partial charge in [-0.3, -0.25) is 0 Å². The summed E-state index contributed by atoms with van der Waals surface area (Å²) in [5.74, 6) is 5.21. The summed E-state index contributed by atoms with van der Waals surface area (Å²) < 4.78 is 37.7. The van der Waals surface area contributed by atoms with E-state index < -0.39 is 17.8 Å². The molecule has 0 saturated carbocycles. The van der Waals surface area contributed by atoms with Crippen LogP contribution in [0.3, 0.4) is 0 Å². The van der Waals surface area contributed by atoms with Crippen molar-refractivity contribution in [3.63, 3.8) is 0 Å². The third kappa shape index (κ3) is 5.18. The Kier molecular flexibility index (Phi) is 5.50. The summed E-state index contributed by atoms with van der Waals surface area (Å²) in [6.45, 7) is 0.887. The summed E-state index contributed by atoms with van der Waals surface area (Å²) in [6, 6.07) is 4.39. The molecule has 23 heavy (non-hydrogen) atoms. The summed E-state index contributed by atoms with van der Waals surface area (Å²) in [5.41, 5.74) is -0.516. The standard InChI is InChI=1S/C16H17F3N2O2/c17-16(18,19)13-6-1-4-12(10-13)5-2-8-20-15(23)21-9-3-7-14(22)11-21/h1,4,6,10,14,22H,3,7-9,11H2,(H,20,23). The van der Waals surface area contributed by atoms with Crippen molar-refractivity contribution in [1.82, 2.24) is 10.2 Å². The molecule has 0 spiro atoms. The highest BCUT2D eigenvalue weighted by atomic mass is 19.4. The molecule has 0 aromatic heterocycles.